The molecule has 0 amide bonds. The molecule has 0 aliphatic rings. The highest BCUT2D eigenvalue weighted by Gasteiger charge is 2.03. The molecular formula is C15H10Cl2O3. The smallest absolute Gasteiger partial charge is 0.328 e. The number of carboxylic acid groups (broad SMARTS) is 1. The van der Waals surface area contributed by atoms with Crippen molar-refractivity contribution in [2.45, 2.75) is 0 Å². The van der Waals surface area contributed by atoms with Crippen molar-refractivity contribution in [3.8, 4) is 11.5 Å². The van der Waals surface area contributed by atoms with E-state index >= 15 is 0 Å². The summed E-state index contributed by atoms with van der Waals surface area (Å²) in [7, 11) is 0. The van der Waals surface area contributed by atoms with Crippen LogP contribution in [0, 0.1) is 0 Å². The molecule has 0 radical (unpaired) electrons. The third kappa shape index (κ3) is 4.02. The first-order valence-corrected chi connectivity index (χ1v) is 6.44. The van der Waals surface area contributed by atoms with Crippen LogP contribution in [0.25, 0.3) is 6.08 Å². The summed E-state index contributed by atoms with van der Waals surface area (Å²) < 4.78 is 5.61. The van der Waals surface area contributed by atoms with Crippen LogP contribution in [-0.4, -0.2) is 11.1 Å². The Kier molecular flexibility index (Phi) is 4.66. The largest absolute Gasteiger partial charge is 0.478 e. The molecule has 0 atom stereocenters. The van der Waals surface area contributed by atoms with Crippen molar-refractivity contribution in [3.05, 3.63) is 64.1 Å². The molecule has 0 saturated heterocycles. The fraction of sp³-hybridized carbons (Fsp3) is 0. The van der Waals surface area contributed by atoms with Crippen molar-refractivity contribution in [1.82, 2.24) is 0 Å². The van der Waals surface area contributed by atoms with Gasteiger partial charge in [0.2, 0.25) is 0 Å². The van der Waals surface area contributed by atoms with Gasteiger partial charge in [-0.1, -0.05) is 29.3 Å². The van der Waals surface area contributed by atoms with Crippen molar-refractivity contribution < 1.29 is 14.6 Å². The third-order valence-corrected chi connectivity index (χ3v) is 2.97. The van der Waals surface area contributed by atoms with E-state index in [0.717, 1.165) is 6.08 Å². The predicted octanol–water partition coefficient (Wildman–Crippen LogP) is 4.88. The van der Waals surface area contributed by atoms with Gasteiger partial charge in [-0.3, -0.25) is 0 Å². The molecule has 0 fully saturated rings. The maximum atomic E-state index is 10.5. The Labute approximate surface area is 126 Å². The SMILES string of the molecule is O=C(O)/C=C/c1ccc(Oc2cccc(Cl)c2)cc1Cl. The van der Waals surface area contributed by atoms with E-state index in [1.54, 1.807) is 42.5 Å². The first-order valence-electron chi connectivity index (χ1n) is 5.68. The van der Waals surface area contributed by atoms with E-state index in [0.29, 0.717) is 27.1 Å². The standard InChI is InChI=1S/C15H10Cl2O3/c16-11-2-1-3-12(8-11)20-13-6-4-10(14(17)9-13)5-7-15(18)19/h1-9H,(H,18,19)/b7-5+. The van der Waals surface area contributed by atoms with Gasteiger partial charge in [0, 0.05) is 11.1 Å². The fourth-order valence-electron chi connectivity index (χ4n) is 1.53. The minimum atomic E-state index is -1.03. The van der Waals surface area contributed by atoms with Crippen LogP contribution in [-0.2, 0) is 4.79 Å². The molecule has 3 nitrogen and oxygen atoms in total. The normalized spacial score (nSPS) is 10.7. The number of ether oxygens (including phenoxy) is 1. The summed E-state index contributed by atoms with van der Waals surface area (Å²) in [4.78, 5) is 10.5. The first kappa shape index (κ1) is 14.4. The van der Waals surface area contributed by atoms with Gasteiger partial charge in [0.1, 0.15) is 11.5 Å². The molecule has 1 N–H and O–H groups in total. The Bertz CT molecular complexity index is 666. The van der Waals surface area contributed by atoms with Crippen molar-refractivity contribution in [2.24, 2.45) is 0 Å². The van der Waals surface area contributed by atoms with Gasteiger partial charge in [-0.15, -0.1) is 0 Å². The van der Waals surface area contributed by atoms with Gasteiger partial charge in [0.15, 0.2) is 0 Å². The van der Waals surface area contributed by atoms with Crippen LogP contribution >= 0.6 is 23.2 Å². The molecule has 0 aromatic heterocycles. The second-order valence-corrected chi connectivity index (χ2v) is 4.76. The Morgan fingerprint density at radius 2 is 1.85 bits per heavy atom. The van der Waals surface area contributed by atoms with Crippen LogP contribution in [0.2, 0.25) is 10.0 Å². The topological polar surface area (TPSA) is 46.5 Å². The zero-order valence-corrected chi connectivity index (χ0v) is 11.7. The van der Waals surface area contributed by atoms with E-state index < -0.39 is 5.97 Å². The molecule has 2 aromatic rings. The van der Waals surface area contributed by atoms with Gasteiger partial charge in [-0.25, -0.2) is 4.79 Å². The molecule has 0 aliphatic heterocycles. The molecule has 0 heterocycles. The zero-order valence-electron chi connectivity index (χ0n) is 10.2. The third-order valence-electron chi connectivity index (χ3n) is 2.41. The highest BCUT2D eigenvalue weighted by atomic mass is 35.5. The second kappa shape index (κ2) is 6.46. The van der Waals surface area contributed by atoms with E-state index in [-0.39, 0.29) is 0 Å². The van der Waals surface area contributed by atoms with E-state index in [2.05, 4.69) is 0 Å². The Morgan fingerprint density at radius 3 is 2.50 bits per heavy atom. The molecule has 0 spiro atoms. The van der Waals surface area contributed by atoms with Crippen LogP contribution in [0.1, 0.15) is 5.56 Å². The van der Waals surface area contributed by atoms with Crippen molar-refractivity contribution in [2.75, 3.05) is 0 Å². The summed E-state index contributed by atoms with van der Waals surface area (Å²) >= 11 is 11.9. The molecule has 5 heteroatoms. The van der Waals surface area contributed by atoms with Gasteiger partial charge in [0.25, 0.3) is 0 Å². The number of carbonyl (C=O) groups is 1. The van der Waals surface area contributed by atoms with E-state index in [9.17, 15) is 4.79 Å². The lowest BCUT2D eigenvalue weighted by Crippen LogP contribution is -1.87. The average Bonchev–Trinajstić information content (AvgIpc) is 2.37. The van der Waals surface area contributed by atoms with Crippen LogP contribution in [0.3, 0.4) is 0 Å². The first-order chi connectivity index (χ1) is 9.54. The minimum Gasteiger partial charge on any atom is -0.478 e. The average molecular weight is 309 g/mol. The van der Waals surface area contributed by atoms with Crippen molar-refractivity contribution >= 4 is 35.2 Å². The molecule has 0 aliphatic carbocycles. The monoisotopic (exact) mass is 308 g/mol. The Hall–Kier alpha value is -1.97. The van der Waals surface area contributed by atoms with E-state index in [1.165, 1.54) is 6.08 Å². The van der Waals surface area contributed by atoms with Gasteiger partial charge in [-0.2, -0.15) is 0 Å². The lowest BCUT2D eigenvalue weighted by molar-refractivity contribution is -0.131. The number of rotatable bonds is 4. The number of hydrogen-bond donors (Lipinski definition) is 1. The Balaban J connectivity index is 2.19. The molecule has 20 heavy (non-hydrogen) atoms. The number of halogens is 2. The zero-order chi connectivity index (χ0) is 14.5. The lowest BCUT2D eigenvalue weighted by Gasteiger charge is -2.07. The van der Waals surface area contributed by atoms with Crippen molar-refractivity contribution in [1.29, 1.82) is 0 Å². The molecule has 2 rings (SSSR count). The van der Waals surface area contributed by atoms with E-state index in [4.69, 9.17) is 33.0 Å². The number of carboxylic acids is 1. The number of benzene rings is 2. The van der Waals surface area contributed by atoms with Gasteiger partial charge in [-0.05, 0) is 48.0 Å². The van der Waals surface area contributed by atoms with Crippen LogP contribution < -0.4 is 4.74 Å². The fourth-order valence-corrected chi connectivity index (χ4v) is 1.95. The highest BCUT2D eigenvalue weighted by molar-refractivity contribution is 6.32. The predicted molar refractivity (Wildman–Crippen MR) is 79.6 cm³/mol. The van der Waals surface area contributed by atoms with E-state index in [1.807, 2.05) is 0 Å². The molecule has 0 bridgehead atoms. The number of hydrogen-bond acceptors (Lipinski definition) is 2. The van der Waals surface area contributed by atoms with Crippen LogP contribution in [0.4, 0.5) is 0 Å². The summed E-state index contributed by atoms with van der Waals surface area (Å²) in [5.74, 6) is 0.118. The van der Waals surface area contributed by atoms with Gasteiger partial charge < -0.3 is 9.84 Å². The summed E-state index contributed by atoms with van der Waals surface area (Å²) in [6.07, 6.45) is 2.45. The summed E-state index contributed by atoms with van der Waals surface area (Å²) in [6.45, 7) is 0. The van der Waals surface area contributed by atoms with Crippen LogP contribution in [0.5, 0.6) is 11.5 Å². The Morgan fingerprint density at radius 1 is 1.10 bits per heavy atom. The maximum absolute atomic E-state index is 10.5. The molecule has 0 saturated carbocycles. The summed E-state index contributed by atoms with van der Waals surface area (Å²) in [5, 5.41) is 9.56. The second-order valence-electron chi connectivity index (χ2n) is 3.91. The minimum absolute atomic E-state index is 0.405. The van der Waals surface area contributed by atoms with Crippen molar-refractivity contribution in [3.63, 3.8) is 0 Å². The van der Waals surface area contributed by atoms with Gasteiger partial charge >= 0.3 is 5.97 Å². The summed E-state index contributed by atoms with van der Waals surface area (Å²) in [5.41, 5.74) is 0.604. The van der Waals surface area contributed by atoms with Gasteiger partial charge in [0.05, 0.1) is 5.02 Å². The quantitative estimate of drug-likeness (QED) is 0.818. The lowest BCUT2D eigenvalue weighted by atomic mass is 10.2. The highest BCUT2D eigenvalue weighted by Crippen LogP contribution is 2.28. The maximum Gasteiger partial charge on any atom is 0.328 e. The molecule has 102 valence electrons. The molecular weight excluding hydrogens is 299 g/mol. The summed E-state index contributed by atoms with van der Waals surface area (Å²) in [6, 6.07) is 12.0. The molecule has 2 aromatic carbocycles. The molecule has 0 unspecified atom stereocenters. The number of aliphatic carboxylic acids is 1. The van der Waals surface area contributed by atoms with Crippen LogP contribution in [0.15, 0.2) is 48.5 Å².